The molecule has 2 aromatic carbocycles. The minimum atomic E-state index is -0.620. The van der Waals surface area contributed by atoms with Crippen LogP contribution in [-0.4, -0.2) is 20.4 Å². The van der Waals surface area contributed by atoms with Crippen LogP contribution in [0.15, 0.2) is 65.6 Å². The maximum absolute atomic E-state index is 13.5. The fourth-order valence-corrected chi connectivity index (χ4v) is 3.72. The lowest BCUT2D eigenvalue weighted by Crippen LogP contribution is -2.33. The highest BCUT2D eigenvalue weighted by atomic mass is 35.5. The Balaban J connectivity index is 1.84. The molecule has 4 rings (SSSR count). The predicted molar refractivity (Wildman–Crippen MR) is 122 cm³/mol. The van der Waals surface area contributed by atoms with Gasteiger partial charge in [0.05, 0.1) is 22.6 Å². The molecule has 0 aliphatic carbocycles. The molecule has 9 heteroatoms. The predicted octanol–water partition coefficient (Wildman–Crippen LogP) is 3.38. The molecule has 0 bridgehead atoms. The van der Waals surface area contributed by atoms with Gasteiger partial charge in [0, 0.05) is 11.4 Å². The molecule has 4 aromatic rings. The second-order valence-electron chi connectivity index (χ2n) is 7.05. The van der Waals surface area contributed by atoms with E-state index in [1.807, 2.05) is 24.3 Å². The maximum Gasteiger partial charge on any atom is 0.274 e. The van der Waals surface area contributed by atoms with Crippen LogP contribution in [0.3, 0.4) is 0 Å². The van der Waals surface area contributed by atoms with E-state index in [1.54, 1.807) is 43.3 Å². The summed E-state index contributed by atoms with van der Waals surface area (Å²) in [7, 11) is 0. The largest absolute Gasteiger partial charge is 0.382 e. The van der Waals surface area contributed by atoms with Crippen molar-refractivity contribution in [2.24, 2.45) is 0 Å². The molecular formula is C23H17ClN6O2. The van der Waals surface area contributed by atoms with Crippen molar-refractivity contribution in [1.29, 1.82) is 5.26 Å². The van der Waals surface area contributed by atoms with Crippen LogP contribution in [-0.2, 0) is 0 Å². The van der Waals surface area contributed by atoms with E-state index < -0.39 is 11.9 Å². The quantitative estimate of drug-likeness (QED) is 0.496. The van der Waals surface area contributed by atoms with Crippen LogP contribution in [0.5, 0.6) is 0 Å². The van der Waals surface area contributed by atoms with E-state index in [0.717, 1.165) is 0 Å². The fourth-order valence-electron chi connectivity index (χ4n) is 3.46. The van der Waals surface area contributed by atoms with Gasteiger partial charge in [0.15, 0.2) is 17.2 Å². The zero-order valence-corrected chi connectivity index (χ0v) is 17.7. The summed E-state index contributed by atoms with van der Waals surface area (Å²) in [5.41, 5.74) is 6.45. The molecular weight excluding hydrogens is 428 g/mol. The molecule has 1 unspecified atom stereocenters. The first kappa shape index (κ1) is 21.0. The Hall–Kier alpha value is -4.22. The number of pyridine rings is 1. The molecule has 32 heavy (non-hydrogen) atoms. The van der Waals surface area contributed by atoms with Crippen LogP contribution in [0.2, 0.25) is 5.02 Å². The number of hydrogen-bond acceptors (Lipinski definition) is 6. The van der Waals surface area contributed by atoms with Crippen LogP contribution >= 0.6 is 11.6 Å². The van der Waals surface area contributed by atoms with Crippen molar-refractivity contribution in [2.45, 2.75) is 13.0 Å². The summed E-state index contributed by atoms with van der Waals surface area (Å²) >= 11 is 6.33. The number of anilines is 1. The molecule has 2 heterocycles. The first-order chi connectivity index (χ1) is 15.4. The summed E-state index contributed by atoms with van der Waals surface area (Å²) in [5.74, 6) is -0.711. The number of halogens is 1. The molecule has 2 aromatic heterocycles. The highest BCUT2D eigenvalue weighted by Crippen LogP contribution is 2.25. The molecule has 0 aliphatic rings. The number of nitrogen functional groups attached to an aromatic ring is 1. The fraction of sp³-hybridized carbons (Fsp3) is 0.0870. The van der Waals surface area contributed by atoms with Crippen molar-refractivity contribution < 1.29 is 4.79 Å². The molecule has 0 saturated heterocycles. The molecule has 0 spiro atoms. The minimum absolute atomic E-state index is 0.0291. The molecule has 0 fully saturated rings. The lowest BCUT2D eigenvalue weighted by molar-refractivity contribution is 0.0934. The number of amides is 1. The average Bonchev–Trinajstić information content (AvgIpc) is 2.79. The molecule has 0 saturated carbocycles. The third kappa shape index (κ3) is 3.77. The van der Waals surface area contributed by atoms with E-state index in [0.29, 0.717) is 27.2 Å². The standard InChI is InChI=1S/C23H17ClN6O2/c1-13(28-22(31)20-21(26)27-12-15(11-25)29-20)18-10-14-6-5-9-17(24)19(14)23(32)30(18)16-7-3-2-4-8-16/h2-10,12-13H,1H3,(H2,26,27)(H,28,31). The summed E-state index contributed by atoms with van der Waals surface area (Å²) in [4.78, 5) is 34.1. The molecule has 1 atom stereocenters. The smallest absolute Gasteiger partial charge is 0.274 e. The van der Waals surface area contributed by atoms with Gasteiger partial charge in [0.25, 0.3) is 11.5 Å². The van der Waals surface area contributed by atoms with Gasteiger partial charge in [0.1, 0.15) is 6.07 Å². The van der Waals surface area contributed by atoms with Gasteiger partial charge in [0.2, 0.25) is 0 Å². The molecule has 3 N–H and O–H groups in total. The van der Waals surface area contributed by atoms with Crippen molar-refractivity contribution in [2.75, 3.05) is 5.73 Å². The SMILES string of the molecule is CC(NC(=O)c1nc(C#N)cnc1N)c1cc2cccc(Cl)c2c(=O)n1-c1ccccc1. The summed E-state index contributed by atoms with van der Waals surface area (Å²) < 4.78 is 1.51. The summed E-state index contributed by atoms with van der Waals surface area (Å²) in [6.07, 6.45) is 1.19. The minimum Gasteiger partial charge on any atom is -0.382 e. The highest BCUT2D eigenvalue weighted by Gasteiger charge is 2.21. The van der Waals surface area contributed by atoms with Crippen LogP contribution < -0.4 is 16.6 Å². The molecule has 158 valence electrons. The van der Waals surface area contributed by atoms with Gasteiger partial charge in [-0.05, 0) is 36.6 Å². The lowest BCUT2D eigenvalue weighted by atomic mass is 10.1. The van der Waals surface area contributed by atoms with Gasteiger partial charge >= 0.3 is 0 Å². The number of fused-ring (bicyclic) bond motifs is 1. The summed E-state index contributed by atoms with van der Waals surface area (Å²) in [6, 6.07) is 17.3. The Morgan fingerprint density at radius 3 is 2.69 bits per heavy atom. The third-order valence-corrected chi connectivity index (χ3v) is 5.28. The van der Waals surface area contributed by atoms with Gasteiger partial charge in [-0.3, -0.25) is 14.2 Å². The second-order valence-corrected chi connectivity index (χ2v) is 7.45. The van der Waals surface area contributed by atoms with Crippen molar-refractivity contribution in [1.82, 2.24) is 19.9 Å². The molecule has 1 amide bonds. The number of nitrogens with two attached hydrogens (primary N) is 1. The van der Waals surface area contributed by atoms with E-state index in [1.165, 1.54) is 10.8 Å². The molecule has 8 nitrogen and oxygen atoms in total. The van der Waals surface area contributed by atoms with E-state index in [-0.39, 0.29) is 22.8 Å². The monoisotopic (exact) mass is 444 g/mol. The number of benzene rings is 2. The van der Waals surface area contributed by atoms with E-state index >= 15 is 0 Å². The summed E-state index contributed by atoms with van der Waals surface area (Å²) in [5, 5.41) is 13.2. The van der Waals surface area contributed by atoms with E-state index in [4.69, 9.17) is 22.6 Å². The highest BCUT2D eigenvalue weighted by molar-refractivity contribution is 6.35. The van der Waals surface area contributed by atoms with Crippen molar-refractivity contribution in [3.63, 3.8) is 0 Å². The van der Waals surface area contributed by atoms with Crippen LogP contribution in [0.4, 0.5) is 5.82 Å². The Bertz CT molecular complexity index is 1440. The van der Waals surface area contributed by atoms with E-state index in [9.17, 15) is 9.59 Å². The zero-order chi connectivity index (χ0) is 22.8. The van der Waals surface area contributed by atoms with Crippen molar-refractivity contribution >= 4 is 34.1 Å². The summed E-state index contributed by atoms with van der Waals surface area (Å²) in [6.45, 7) is 1.74. The van der Waals surface area contributed by atoms with Crippen LogP contribution in [0.1, 0.15) is 34.8 Å². The molecule has 0 aliphatic heterocycles. The van der Waals surface area contributed by atoms with Gasteiger partial charge in [-0.15, -0.1) is 0 Å². The Labute approximate surface area is 187 Å². The number of carbonyl (C=O) groups is 1. The zero-order valence-electron chi connectivity index (χ0n) is 16.9. The van der Waals surface area contributed by atoms with Gasteiger partial charge in [-0.25, -0.2) is 9.97 Å². The molecule has 0 radical (unpaired) electrons. The average molecular weight is 445 g/mol. The number of rotatable bonds is 4. The number of nitriles is 1. The van der Waals surface area contributed by atoms with Gasteiger partial charge in [-0.2, -0.15) is 5.26 Å². The van der Waals surface area contributed by atoms with Gasteiger partial charge < -0.3 is 11.1 Å². The second kappa shape index (κ2) is 8.49. The normalized spacial score (nSPS) is 11.7. The van der Waals surface area contributed by atoms with Crippen LogP contribution in [0.25, 0.3) is 16.5 Å². The number of nitrogens with zero attached hydrogens (tertiary/aromatic N) is 4. The topological polar surface area (TPSA) is 127 Å². The lowest BCUT2D eigenvalue weighted by Gasteiger charge is -2.21. The Morgan fingerprint density at radius 2 is 1.97 bits per heavy atom. The number of para-hydroxylation sites is 1. The maximum atomic E-state index is 13.5. The van der Waals surface area contributed by atoms with Crippen molar-refractivity contribution in [3.8, 4) is 11.8 Å². The number of aromatic nitrogens is 3. The first-order valence-corrected chi connectivity index (χ1v) is 10.0. The first-order valence-electron chi connectivity index (χ1n) is 9.63. The Kier molecular flexibility index (Phi) is 5.58. The Morgan fingerprint density at radius 1 is 1.22 bits per heavy atom. The van der Waals surface area contributed by atoms with Crippen LogP contribution in [0, 0.1) is 11.3 Å². The number of carbonyl (C=O) groups excluding carboxylic acids is 1. The number of nitrogens with one attached hydrogen (secondary N) is 1. The number of hydrogen-bond donors (Lipinski definition) is 2. The van der Waals surface area contributed by atoms with Gasteiger partial charge in [-0.1, -0.05) is 41.9 Å². The third-order valence-electron chi connectivity index (χ3n) is 4.96. The van der Waals surface area contributed by atoms with Crippen molar-refractivity contribution in [3.05, 3.63) is 93.3 Å². The van der Waals surface area contributed by atoms with E-state index in [2.05, 4.69) is 15.3 Å².